The van der Waals surface area contributed by atoms with E-state index in [9.17, 15) is 4.79 Å². The van der Waals surface area contributed by atoms with Gasteiger partial charge in [-0.25, -0.2) is 4.98 Å². The highest BCUT2D eigenvalue weighted by atomic mass is 16.5. The summed E-state index contributed by atoms with van der Waals surface area (Å²) in [4.78, 5) is 15.8. The monoisotopic (exact) mass is 445 g/mol. The molecule has 0 bridgehead atoms. The van der Waals surface area contributed by atoms with E-state index in [4.69, 9.17) is 19.2 Å². The van der Waals surface area contributed by atoms with Crippen LogP contribution < -0.4 is 4.74 Å². The van der Waals surface area contributed by atoms with Crippen LogP contribution in [0.3, 0.4) is 0 Å². The van der Waals surface area contributed by atoms with Crippen LogP contribution in [0.4, 0.5) is 0 Å². The Bertz CT molecular complexity index is 1140. The van der Waals surface area contributed by atoms with Gasteiger partial charge in [0.1, 0.15) is 11.5 Å². The first kappa shape index (κ1) is 21.7. The van der Waals surface area contributed by atoms with Crippen molar-refractivity contribution in [1.29, 1.82) is 0 Å². The number of hydrogen-bond donors (Lipinski definition) is 1. The van der Waals surface area contributed by atoms with Gasteiger partial charge < -0.3 is 14.3 Å². The molecule has 0 radical (unpaired) electrons. The Balaban J connectivity index is 1.21. The van der Waals surface area contributed by atoms with E-state index in [-0.39, 0.29) is 12.3 Å². The molecule has 2 aliphatic rings. The first-order chi connectivity index (χ1) is 16.1. The van der Waals surface area contributed by atoms with E-state index in [1.54, 1.807) is 0 Å². The summed E-state index contributed by atoms with van der Waals surface area (Å²) >= 11 is 0. The van der Waals surface area contributed by atoms with Crippen LogP contribution in [-0.4, -0.2) is 22.7 Å². The lowest BCUT2D eigenvalue weighted by atomic mass is 9.96. The van der Waals surface area contributed by atoms with E-state index in [1.807, 2.05) is 19.1 Å². The lowest BCUT2D eigenvalue weighted by molar-refractivity contribution is -0.137. The van der Waals surface area contributed by atoms with E-state index in [0.717, 1.165) is 41.2 Å². The van der Waals surface area contributed by atoms with Crippen LogP contribution >= 0.6 is 0 Å². The number of aromatic nitrogens is 1. The number of carbonyl (C=O) groups is 1. The summed E-state index contributed by atoms with van der Waals surface area (Å²) in [6.07, 6.45) is 7.89. The fraction of sp³-hybridized carbons (Fsp3) is 0.429. The molecule has 5 rings (SSSR count). The minimum atomic E-state index is -0.735. The van der Waals surface area contributed by atoms with Crippen molar-refractivity contribution in [3.63, 3.8) is 0 Å². The normalized spacial score (nSPS) is 17.9. The maximum Gasteiger partial charge on any atom is 0.303 e. The molecule has 1 fully saturated rings. The topological polar surface area (TPSA) is 72.6 Å². The molecule has 1 N–H and O–H groups in total. The highest BCUT2D eigenvalue weighted by molar-refractivity contribution is 5.68. The van der Waals surface area contributed by atoms with E-state index in [1.165, 1.54) is 36.8 Å². The van der Waals surface area contributed by atoms with Crippen molar-refractivity contribution < 1.29 is 19.1 Å². The molecule has 0 saturated heterocycles. The van der Waals surface area contributed by atoms with Crippen LogP contribution in [0.15, 0.2) is 46.9 Å². The third kappa shape index (κ3) is 4.82. The molecule has 1 aromatic heterocycles. The van der Waals surface area contributed by atoms with Crippen LogP contribution in [0, 0.1) is 6.92 Å². The summed E-state index contributed by atoms with van der Waals surface area (Å²) < 4.78 is 12.0. The third-order valence-corrected chi connectivity index (χ3v) is 7.20. The number of carboxylic acid groups (broad SMARTS) is 1. The molecule has 0 amide bonds. The number of fused-ring (bicyclic) bond motifs is 1. The lowest BCUT2D eigenvalue weighted by Gasteiger charge is -2.10. The van der Waals surface area contributed by atoms with E-state index in [0.29, 0.717) is 24.8 Å². The second kappa shape index (κ2) is 9.42. The molecule has 1 saturated carbocycles. The Hall–Kier alpha value is -3.08. The fourth-order valence-electron chi connectivity index (χ4n) is 5.43. The second-order valence-corrected chi connectivity index (χ2v) is 9.42. The number of hydrogen-bond acceptors (Lipinski definition) is 4. The molecule has 5 nitrogen and oxygen atoms in total. The number of carboxylic acids is 1. The molecule has 33 heavy (non-hydrogen) atoms. The molecular weight excluding hydrogens is 414 g/mol. The summed E-state index contributed by atoms with van der Waals surface area (Å²) in [5.41, 5.74) is 5.73. The molecule has 0 spiro atoms. The maximum atomic E-state index is 11.1. The average Bonchev–Trinajstić information content (AvgIpc) is 3.55. The summed E-state index contributed by atoms with van der Waals surface area (Å²) in [5, 5.41) is 9.10. The minimum absolute atomic E-state index is 0.120. The fourth-order valence-corrected chi connectivity index (χ4v) is 5.43. The first-order valence-electron chi connectivity index (χ1n) is 12.1. The minimum Gasteiger partial charge on any atom is -0.493 e. The van der Waals surface area contributed by atoms with Gasteiger partial charge in [0.2, 0.25) is 5.89 Å². The smallest absolute Gasteiger partial charge is 0.303 e. The van der Waals surface area contributed by atoms with Gasteiger partial charge in [-0.2, -0.15) is 0 Å². The van der Waals surface area contributed by atoms with Gasteiger partial charge in [-0.05, 0) is 85.4 Å². The van der Waals surface area contributed by atoms with Crippen LogP contribution in [0.1, 0.15) is 78.5 Å². The van der Waals surface area contributed by atoms with Crippen LogP contribution in [0.2, 0.25) is 0 Å². The van der Waals surface area contributed by atoms with Gasteiger partial charge in [-0.3, -0.25) is 4.79 Å². The first-order valence-corrected chi connectivity index (χ1v) is 12.1. The van der Waals surface area contributed by atoms with Gasteiger partial charge in [0.25, 0.3) is 0 Å². The number of nitrogens with zero attached hydrogens (tertiary/aromatic N) is 1. The Morgan fingerprint density at radius 3 is 2.82 bits per heavy atom. The summed E-state index contributed by atoms with van der Waals surface area (Å²) in [6, 6.07) is 14.7. The molecular formula is C28H31NO4. The number of ether oxygens (including phenoxy) is 1. The molecule has 1 atom stereocenters. The van der Waals surface area contributed by atoms with E-state index >= 15 is 0 Å². The number of oxazole rings is 1. The zero-order valence-corrected chi connectivity index (χ0v) is 19.2. The number of aliphatic carboxylic acids is 1. The zero-order chi connectivity index (χ0) is 22.8. The highest BCUT2D eigenvalue weighted by Crippen LogP contribution is 2.38. The predicted molar refractivity (Wildman–Crippen MR) is 127 cm³/mol. The molecule has 1 heterocycles. The zero-order valence-electron chi connectivity index (χ0n) is 19.2. The largest absolute Gasteiger partial charge is 0.493 e. The number of aryl methyl sites for hydroxylation is 2. The standard InChI is InChI=1S/C28H31NO4/c1-18-26(29-28(33-18)23-8-4-7-20(15-23)19-5-2-3-6-19)13-14-32-24-11-12-25-21(16-24)9-10-22(25)17-27(30)31/h4,7-8,11-12,15-16,19,22H,2-3,5-6,9-10,13-14,17H2,1H3,(H,30,31)/t22-/m0/s1. The van der Waals surface area contributed by atoms with E-state index in [2.05, 4.69) is 30.3 Å². The molecule has 0 aliphatic heterocycles. The molecule has 3 aromatic rings. The van der Waals surface area contributed by atoms with Gasteiger partial charge in [0.15, 0.2) is 0 Å². The lowest BCUT2D eigenvalue weighted by Crippen LogP contribution is -2.04. The summed E-state index contributed by atoms with van der Waals surface area (Å²) in [7, 11) is 0. The highest BCUT2D eigenvalue weighted by Gasteiger charge is 2.25. The molecule has 5 heteroatoms. The van der Waals surface area contributed by atoms with Crippen molar-refractivity contribution in [3.8, 4) is 17.2 Å². The Morgan fingerprint density at radius 1 is 1.15 bits per heavy atom. The Morgan fingerprint density at radius 2 is 2.00 bits per heavy atom. The van der Waals surface area contributed by atoms with Crippen LogP contribution in [0.5, 0.6) is 5.75 Å². The molecule has 2 aromatic carbocycles. The van der Waals surface area contributed by atoms with Crippen molar-refractivity contribution in [3.05, 3.63) is 70.6 Å². The molecule has 172 valence electrons. The summed E-state index contributed by atoms with van der Waals surface area (Å²) in [6.45, 7) is 2.48. The Labute approximate surface area is 194 Å². The Kier molecular flexibility index (Phi) is 6.21. The number of benzene rings is 2. The second-order valence-electron chi connectivity index (χ2n) is 9.42. The quantitative estimate of drug-likeness (QED) is 0.432. The molecule has 2 aliphatic carbocycles. The number of rotatable bonds is 8. The van der Waals surface area contributed by atoms with Gasteiger partial charge in [0, 0.05) is 12.0 Å². The van der Waals surface area contributed by atoms with Gasteiger partial charge in [-0.15, -0.1) is 0 Å². The SMILES string of the molecule is Cc1oc(-c2cccc(C3CCCC3)c2)nc1CCOc1ccc2c(c1)CC[C@H]2CC(=O)O. The average molecular weight is 446 g/mol. The third-order valence-electron chi connectivity index (χ3n) is 7.20. The van der Waals surface area contributed by atoms with Crippen LogP contribution in [0.25, 0.3) is 11.5 Å². The van der Waals surface area contributed by atoms with E-state index < -0.39 is 5.97 Å². The van der Waals surface area contributed by atoms with Crippen molar-refractivity contribution in [2.24, 2.45) is 0 Å². The molecule has 0 unspecified atom stereocenters. The summed E-state index contributed by atoms with van der Waals surface area (Å²) in [5.74, 6) is 2.40. The van der Waals surface area contributed by atoms with Gasteiger partial charge in [-0.1, -0.05) is 31.0 Å². The van der Waals surface area contributed by atoms with Crippen LogP contribution in [-0.2, 0) is 17.6 Å². The van der Waals surface area contributed by atoms with Gasteiger partial charge in [0.05, 0.1) is 18.7 Å². The van der Waals surface area contributed by atoms with Crippen molar-refractivity contribution in [2.75, 3.05) is 6.61 Å². The van der Waals surface area contributed by atoms with Crippen molar-refractivity contribution in [1.82, 2.24) is 4.98 Å². The maximum absolute atomic E-state index is 11.1. The predicted octanol–water partition coefficient (Wildman–Crippen LogP) is 6.43. The van der Waals surface area contributed by atoms with Gasteiger partial charge >= 0.3 is 5.97 Å². The van der Waals surface area contributed by atoms with Crippen molar-refractivity contribution >= 4 is 5.97 Å². The van der Waals surface area contributed by atoms with Crippen molar-refractivity contribution in [2.45, 2.75) is 70.1 Å².